The Morgan fingerprint density at radius 3 is 2.39 bits per heavy atom. The molecule has 0 fully saturated rings. The number of rotatable bonds is 13. The normalized spacial score (nSPS) is 13.6. The van der Waals surface area contributed by atoms with E-state index < -0.39 is 35.6 Å². The van der Waals surface area contributed by atoms with E-state index in [-0.39, 0.29) is 19.1 Å². The van der Waals surface area contributed by atoms with Crippen molar-refractivity contribution in [1.82, 2.24) is 15.5 Å². The number of carbonyl (C=O) groups excluding carboxylic acids is 3. The minimum absolute atomic E-state index is 0.117. The molecule has 1 aromatic carbocycles. The van der Waals surface area contributed by atoms with Gasteiger partial charge in [0.25, 0.3) is 0 Å². The number of aliphatic hydroxyl groups excluding tert-OH is 1. The van der Waals surface area contributed by atoms with Crippen molar-refractivity contribution in [2.24, 2.45) is 5.92 Å². The molecule has 36 heavy (non-hydrogen) atoms. The van der Waals surface area contributed by atoms with Gasteiger partial charge in [-0.3, -0.25) is 9.59 Å². The molecular weight excluding hydrogens is 458 g/mol. The number of carbonyl (C=O) groups is 3. The van der Waals surface area contributed by atoms with Gasteiger partial charge >= 0.3 is 6.09 Å². The van der Waals surface area contributed by atoms with Crippen LogP contribution in [0.2, 0.25) is 0 Å². The van der Waals surface area contributed by atoms with E-state index in [0.717, 1.165) is 19.3 Å². The summed E-state index contributed by atoms with van der Waals surface area (Å²) in [4.78, 5) is 41.3. The third-order valence-electron chi connectivity index (χ3n) is 5.83. The molecule has 0 spiro atoms. The van der Waals surface area contributed by atoms with E-state index in [2.05, 4.69) is 23.5 Å². The highest BCUT2D eigenvalue weighted by Crippen LogP contribution is 2.27. The molecule has 3 unspecified atom stereocenters. The first-order valence-electron chi connectivity index (χ1n) is 12.7. The highest BCUT2D eigenvalue weighted by atomic mass is 16.6. The minimum atomic E-state index is -1.08. The fourth-order valence-corrected chi connectivity index (χ4v) is 3.77. The number of alkyl carbamates (subject to hydrolysis) is 1. The zero-order valence-corrected chi connectivity index (χ0v) is 22.6. The van der Waals surface area contributed by atoms with Gasteiger partial charge in [0.15, 0.2) is 0 Å². The maximum absolute atomic E-state index is 13.9. The van der Waals surface area contributed by atoms with Crippen molar-refractivity contribution in [1.29, 1.82) is 0 Å². The van der Waals surface area contributed by atoms with Gasteiger partial charge in [-0.05, 0) is 44.7 Å². The Balaban J connectivity index is 3.47. The number of unbranched alkanes of at least 4 members (excludes halogenated alkanes) is 2. The average molecular weight is 502 g/mol. The number of amides is 3. The molecule has 3 amide bonds. The van der Waals surface area contributed by atoms with Crippen LogP contribution in [0.1, 0.15) is 84.4 Å². The van der Waals surface area contributed by atoms with Crippen LogP contribution in [-0.4, -0.2) is 59.3 Å². The van der Waals surface area contributed by atoms with E-state index in [1.807, 2.05) is 13.8 Å². The molecule has 0 aliphatic heterocycles. The van der Waals surface area contributed by atoms with Crippen molar-refractivity contribution in [2.75, 3.05) is 19.7 Å². The van der Waals surface area contributed by atoms with Crippen molar-refractivity contribution >= 4 is 17.9 Å². The molecule has 0 radical (unpaired) electrons. The summed E-state index contributed by atoms with van der Waals surface area (Å²) in [7, 11) is 0. The second-order valence-electron chi connectivity index (χ2n) is 9.90. The standard InChI is InChI=1S/C28H43N3O5/c1-8-11-14-17-29-25(33)24(22-16-13-12-15-21(22)10-3)31(18-19-32)26(34)23(20(4)9-2)30-27(35)36-28(5,6)7/h3,12-13,15-16,20,23-24,32H,8-9,11,14,17-19H2,1-2,4-7H3,(H,29,33)(H,30,35). The predicted octanol–water partition coefficient (Wildman–Crippen LogP) is 3.78. The summed E-state index contributed by atoms with van der Waals surface area (Å²) in [6.07, 6.45) is 8.35. The number of nitrogens with zero attached hydrogens (tertiary/aromatic N) is 1. The van der Waals surface area contributed by atoms with Crippen molar-refractivity contribution in [3.8, 4) is 12.3 Å². The monoisotopic (exact) mass is 501 g/mol. The Kier molecular flexibility index (Phi) is 13.0. The molecule has 3 N–H and O–H groups in total. The number of terminal acetylenes is 1. The van der Waals surface area contributed by atoms with Gasteiger partial charge < -0.3 is 25.4 Å². The van der Waals surface area contributed by atoms with Crippen LogP contribution in [0.25, 0.3) is 0 Å². The van der Waals surface area contributed by atoms with Gasteiger partial charge in [-0.2, -0.15) is 0 Å². The van der Waals surface area contributed by atoms with E-state index in [1.165, 1.54) is 4.90 Å². The van der Waals surface area contributed by atoms with E-state index >= 15 is 0 Å². The van der Waals surface area contributed by atoms with Gasteiger partial charge in [0.1, 0.15) is 17.7 Å². The lowest BCUT2D eigenvalue weighted by atomic mass is 9.94. The average Bonchev–Trinajstić information content (AvgIpc) is 2.83. The van der Waals surface area contributed by atoms with Crippen molar-refractivity contribution in [3.63, 3.8) is 0 Å². The first kappa shape index (κ1) is 31.0. The first-order valence-corrected chi connectivity index (χ1v) is 12.7. The maximum Gasteiger partial charge on any atom is 0.408 e. The van der Waals surface area contributed by atoms with Gasteiger partial charge in [0.2, 0.25) is 11.8 Å². The van der Waals surface area contributed by atoms with Gasteiger partial charge in [0, 0.05) is 18.7 Å². The molecule has 0 saturated carbocycles. The zero-order chi connectivity index (χ0) is 27.3. The molecule has 0 saturated heterocycles. The van der Waals surface area contributed by atoms with Crippen molar-refractivity contribution in [3.05, 3.63) is 35.4 Å². The Labute approximate surface area is 216 Å². The van der Waals surface area contributed by atoms with Crippen LogP contribution in [0.15, 0.2) is 24.3 Å². The van der Waals surface area contributed by atoms with Crippen LogP contribution in [0.4, 0.5) is 4.79 Å². The highest BCUT2D eigenvalue weighted by molar-refractivity contribution is 5.92. The van der Waals surface area contributed by atoms with Crippen LogP contribution in [0.3, 0.4) is 0 Å². The summed E-state index contributed by atoms with van der Waals surface area (Å²) in [6.45, 7) is 11.0. The molecular formula is C28H43N3O5. The van der Waals surface area contributed by atoms with Gasteiger partial charge in [-0.1, -0.05) is 64.2 Å². The number of hydrogen-bond acceptors (Lipinski definition) is 5. The lowest BCUT2D eigenvalue weighted by Gasteiger charge is -2.36. The van der Waals surface area contributed by atoms with E-state index in [9.17, 15) is 19.5 Å². The molecule has 1 rings (SSSR count). The van der Waals surface area contributed by atoms with Crippen LogP contribution in [-0.2, 0) is 14.3 Å². The lowest BCUT2D eigenvalue weighted by molar-refractivity contribution is -0.144. The molecule has 1 aromatic rings. The van der Waals surface area contributed by atoms with Crippen molar-refractivity contribution < 1.29 is 24.2 Å². The SMILES string of the molecule is C#Cc1ccccc1C(C(=O)NCCCCC)N(CCO)C(=O)C(NC(=O)OC(C)(C)C)C(C)CC. The summed E-state index contributed by atoms with van der Waals surface area (Å²) in [5, 5.41) is 15.5. The summed E-state index contributed by atoms with van der Waals surface area (Å²) in [5.74, 6) is 1.44. The highest BCUT2D eigenvalue weighted by Gasteiger charge is 2.38. The number of ether oxygens (including phenoxy) is 1. The first-order chi connectivity index (χ1) is 17.0. The van der Waals surface area contributed by atoms with E-state index in [4.69, 9.17) is 11.2 Å². The van der Waals surface area contributed by atoms with E-state index in [0.29, 0.717) is 24.1 Å². The number of benzene rings is 1. The van der Waals surface area contributed by atoms with Gasteiger partial charge in [-0.25, -0.2) is 4.79 Å². The number of nitrogens with one attached hydrogen (secondary N) is 2. The molecule has 0 heterocycles. The Morgan fingerprint density at radius 2 is 1.83 bits per heavy atom. The number of aliphatic hydroxyl groups is 1. The summed E-state index contributed by atoms with van der Waals surface area (Å²) >= 11 is 0. The zero-order valence-electron chi connectivity index (χ0n) is 22.6. The lowest BCUT2D eigenvalue weighted by Crippen LogP contribution is -2.55. The molecule has 3 atom stereocenters. The number of hydrogen-bond donors (Lipinski definition) is 3. The molecule has 0 aromatic heterocycles. The topological polar surface area (TPSA) is 108 Å². The molecule has 0 aliphatic rings. The van der Waals surface area contributed by atoms with E-state index in [1.54, 1.807) is 45.0 Å². The second kappa shape index (κ2) is 15.1. The largest absolute Gasteiger partial charge is 0.444 e. The minimum Gasteiger partial charge on any atom is -0.444 e. The summed E-state index contributed by atoms with van der Waals surface area (Å²) < 4.78 is 5.38. The predicted molar refractivity (Wildman–Crippen MR) is 141 cm³/mol. The Hall–Kier alpha value is -3.05. The maximum atomic E-state index is 13.9. The smallest absolute Gasteiger partial charge is 0.408 e. The molecule has 0 bridgehead atoms. The van der Waals surface area contributed by atoms with Crippen LogP contribution >= 0.6 is 0 Å². The van der Waals surface area contributed by atoms with Crippen LogP contribution in [0, 0.1) is 18.3 Å². The molecule has 8 nitrogen and oxygen atoms in total. The van der Waals surface area contributed by atoms with Crippen LogP contribution < -0.4 is 10.6 Å². The Bertz CT molecular complexity index is 903. The third kappa shape index (κ3) is 9.54. The van der Waals surface area contributed by atoms with Gasteiger partial charge in [-0.15, -0.1) is 6.42 Å². The molecule has 0 aliphatic carbocycles. The van der Waals surface area contributed by atoms with Crippen molar-refractivity contribution in [2.45, 2.75) is 84.9 Å². The van der Waals surface area contributed by atoms with Gasteiger partial charge in [0.05, 0.1) is 6.61 Å². The van der Waals surface area contributed by atoms with Crippen LogP contribution in [0.5, 0.6) is 0 Å². The summed E-state index contributed by atoms with van der Waals surface area (Å²) in [6, 6.07) is 4.89. The fourth-order valence-electron chi connectivity index (χ4n) is 3.77. The second-order valence-corrected chi connectivity index (χ2v) is 9.90. The third-order valence-corrected chi connectivity index (χ3v) is 5.83. The fraction of sp³-hybridized carbons (Fsp3) is 0.607. The molecule has 8 heteroatoms. The quantitative estimate of drug-likeness (QED) is 0.282. The molecule has 200 valence electrons. The summed E-state index contributed by atoms with van der Waals surface area (Å²) in [5.41, 5.74) is 0.210. The Morgan fingerprint density at radius 1 is 1.17 bits per heavy atom.